The molecule has 0 aliphatic heterocycles. The summed E-state index contributed by atoms with van der Waals surface area (Å²) in [5.41, 5.74) is 3.22. The number of nitrogens with one attached hydrogen (secondary N) is 1. The second-order valence-electron chi connectivity index (χ2n) is 8.27. The van der Waals surface area contributed by atoms with E-state index in [1.807, 2.05) is 24.5 Å². The highest BCUT2D eigenvalue weighted by Crippen LogP contribution is 2.39. The van der Waals surface area contributed by atoms with E-state index in [0.717, 1.165) is 29.7 Å². The maximum Gasteiger partial charge on any atom is 0.287 e. The van der Waals surface area contributed by atoms with Crippen molar-refractivity contribution in [2.24, 2.45) is 0 Å². The summed E-state index contributed by atoms with van der Waals surface area (Å²) in [6.07, 6.45) is 6.30. The molecule has 5 rings (SSSR count). The minimum absolute atomic E-state index is 0.219. The highest BCUT2D eigenvalue weighted by Gasteiger charge is 2.25. The molecule has 2 aromatic carbocycles. The lowest BCUT2D eigenvalue weighted by molar-refractivity contribution is 0.0924. The van der Waals surface area contributed by atoms with Gasteiger partial charge in [0.1, 0.15) is 11.5 Å². The van der Waals surface area contributed by atoms with Crippen LogP contribution < -0.4 is 5.32 Å². The first kappa shape index (κ1) is 21.5. The van der Waals surface area contributed by atoms with Crippen molar-refractivity contribution in [3.8, 4) is 22.7 Å². The lowest BCUT2D eigenvalue weighted by Gasteiger charge is -2.15. The van der Waals surface area contributed by atoms with Gasteiger partial charge in [-0.1, -0.05) is 36.6 Å². The average Bonchev–Trinajstić information content (AvgIpc) is 3.58. The molecular weight excluding hydrogens is 441 g/mol. The Bertz CT molecular complexity index is 1270. The van der Waals surface area contributed by atoms with Crippen molar-refractivity contribution in [2.45, 2.75) is 38.3 Å². The van der Waals surface area contributed by atoms with Crippen LogP contribution >= 0.6 is 11.6 Å². The monoisotopic (exact) mass is 463 g/mol. The van der Waals surface area contributed by atoms with E-state index in [9.17, 15) is 9.18 Å². The van der Waals surface area contributed by atoms with E-state index in [1.165, 1.54) is 25.0 Å². The first-order valence-corrected chi connectivity index (χ1v) is 11.4. The van der Waals surface area contributed by atoms with Gasteiger partial charge in [0.25, 0.3) is 5.91 Å². The number of imidazole rings is 1. The van der Waals surface area contributed by atoms with E-state index in [2.05, 4.69) is 14.9 Å². The summed E-state index contributed by atoms with van der Waals surface area (Å²) in [5.74, 6) is 0.173. The molecule has 1 amide bonds. The molecule has 1 fully saturated rings. The Morgan fingerprint density at radius 2 is 1.91 bits per heavy atom. The lowest BCUT2D eigenvalue weighted by atomic mass is 10.1. The third-order valence-corrected chi connectivity index (χ3v) is 6.27. The summed E-state index contributed by atoms with van der Waals surface area (Å²) in [4.78, 5) is 17.4. The van der Waals surface area contributed by atoms with Crippen molar-refractivity contribution >= 4 is 17.5 Å². The molecule has 168 valence electrons. The summed E-state index contributed by atoms with van der Waals surface area (Å²) in [5, 5.41) is 3.49. The molecule has 2 aromatic heterocycles. The Balaban J connectivity index is 1.44. The van der Waals surface area contributed by atoms with Crippen LogP contribution in [0.15, 0.2) is 71.4 Å². The topological polar surface area (TPSA) is 60.1 Å². The third-order valence-electron chi connectivity index (χ3n) is 6.03. The Labute approximate surface area is 196 Å². The maximum absolute atomic E-state index is 13.5. The average molecular weight is 464 g/mol. The zero-order chi connectivity index (χ0) is 22.8. The summed E-state index contributed by atoms with van der Waals surface area (Å²) in [7, 11) is 0. The van der Waals surface area contributed by atoms with Crippen LogP contribution in [0, 0.1) is 5.82 Å². The smallest absolute Gasteiger partial charge is 0.287 e. The quantitative estimate of drug-likeness (QED) is 0.348. The standard InChI is InChI=1S/C26H23ClFN3O2/c27-19-5-3-4-17(14-19)15-29-26(32)23-13-12-22(33-23)25-24(18-8-10-20(28)11-9-18)30-16-31(25)21-6-1-2-7-21/h3-5,8-14,16,21H,1-2,6-7,15H2,(H,29,32). The molecule has 0 atom stereocenters. The molecule has 1 aliphatic rings. The summed E-state index contributed by atoms with van der Waals surface area (Å²) < 4.78 is 21.6. The molecule has 0 unspecified atom stereocenters. The summed E-state index contributed by atoms with van der Waals surface area (Å²) >= 11 is 6.02. The van der Waals surface area contributed by atoms with Crippen LogP contribution in [-0.2, 0) is 6.54 Å². The van der Waals surface area contributed by atoms with Gasteiger partial charge in [-0.05, 0) is 66.9 Å². The molecule has 0 bridgehead atoms. The molecule has 7 heteroatoms. The van der Waals surface area contributed by atoms with Gasteiger partial charge < -0.3 is 14.3 Å². The fraction of sp³-hybridized carbons (Fsp3) is 0.231. The number of furan rings is 1. The molecule has 1 aliphatic carbocycles. The molecule has 0 spiro atoms. The van der Waals surface area contributed by atoms with E-state index < -0.39 is 0 Å². The van der Waals surface area contributed by atoms with Crippen LogP contribution in [0.1, 0.15) is 47.8 Å². The number of rotatable bonds is 6. The Morgan fingerprint density at radius 3 is 2.67 bits per heavy atom. The largest absolute Gasteiger partial charge is 0.449 e. The van der Waals surface area contributed by atoms with E-state index in [1.54, 1.807) is 30.3 Å². The Hall–Kier alpha value is -3.38. The van der Waals surface area contributed by atoms with Gasteiger partial charge in [-0.25, -0.2) is 9.37 Å². The number of carbonyl (C=O) groups excluding carboxylic acids is 1. The second kappa shape index (κ2) is 9.24. The Kier molecular flexibility index (Phi) is 6.01. The molecule has 33 heavy (non-hydrogen) atoms. The second-order valence-corrected chi connectivity index (χ2v) is 8.71. The predicted molar refractivity (Wildman–Crippen MR) is 125 cm³/mol. The van der Waals surface area contributed by atoms with Gasteiger partial charge in [-0.2, -0.15) is 0 Å². The van der Waals surface area contributed by atoms with Crippen LogP contribution in [0.5, 0.6) is 0 Å². The summed E-state index contributed by atoms with van der Waals surface area (Å²) in [6.45, 7) is 0.344. The van der Waals surface area contributed by atoms with E-state index >= 15 is 0 Å². The normalized spacial score (nSPS) is 14.0. The molecule has 1 N–H and O–H groups in total. The number of hydrogen-bond acceptors (Lipinski definition) is 3. The van der Waals surface area contributed by atoms with Gasteiger partial charge in [0, 0.05) is 23.2 Å². The lowest BCUT2D eigenvalue weighted by Crippen LogP contribution is -2.22. The molecule has 1 saturated carbocycles. The van der Waals surface area contributed by atoms with Gasteiger partial charge in [0.05, 0.1) is 12.0 Å². The van der Waals surface area contributed by atoms with Gasteiger partial charge in [0.2, 0.25) is 0 Å². The van der Waals surface area contributed by atoms with Gasteiger partial charge in [-0.3, -0.25) is 4.79 Å². The van der Waals surface area contributed by atoms with Crippen LogP contribution in [-0.4, -0.2) is 15.5 Å². The van der Waals surface area contributed by atoms with Crippen molar-refractivity contribution in [3.05, 3.63) is 89.2 Å². The first-order valence-electron chi connectivity index (χ1n) is 11.0. The fourth-order valence-corrected chi connectivity index (χ4v) is 4.60. The molecule has 4 aromatic rings. The van der Waals surface area contributed by atoms with Crippen LogP contribution in [0.4, 0.5) is 4.39 Å². The SMILES string of the molecule is O=C(NCc1cccc(Cl)c1)c1ccc(-c2c(-c3ccc(F)cc3)ncn2C2CCCC2)o1. The first-order chi connectivity index (χ1) is 16.1. The summed E-state index contributed by atoms with van der Waals surface area (Å²) in [6, 6.07) is 17.4. The molecule has 2 heterocycles. The van der Waals surface area contributed by atoms with Crippen molar-refractivity contribution in [1.29, 1.82) is 0 Å². The minimum Gasteiger partial charge on any atom is -0.449 e. The predicted octanol–water partition coefficient (Wildman–Crippen LogP) is 6.65. The molecule has 0 radical (unpaired) electrons. The maximum atomic E-state index is 13.5. The number of halogens is 2. The highest BCUT2D eigenvalue weighted by atomic mass is 35.5. The number of carbonyl (C=O) groups is 1. The van der Waals surface area contributed by atoms with E-state index in [0.29, 0.717) is 29.1 Å². The van der Waals surface area contributed by atoms with Crippen molar-refractivity contribution in [2.75, 3.05) is 0 Å². The van der Waals surface area contributed by atoms with Gasteiger partial charge >= 0.3 is 0 Å². The van der Waals surface area contributed by atoms with Crippen LogP contribution in [0.3, 0.4) is 0 Å². The van der Waals surface area contributed by atoms with Crippen molar-refractivity contribution in [1.82, 2.24) is 14.9 Å². The third kappa shape index (κ3) is 4.57. The van der Waals surface area contributed by atoms with Crippen LogP contribution in [0.2, 0.25) is 5.02 Å². The molecule has 0 saturated heterocycles. The zero-order valence-corrected chi connectivity index (χ0v) is 18.7. The van der Waals surface area contributed by atoms with Gasteiger partial charge in [0.15, 0.2) is 11.5 Å². The number of nitrogens with zero attached hydrogens (tertiary/aromatic N) is 2. The van der Waals surface area contributed by atoms with Crippen LogP contribution in [0.25, 0.3) is 22.7 Å². The number of aromatic nitrogens is 2. The minimum atomic E-state index is -0.309. The molecule has 5 nitrogen and oxygen atoms in total. The van der Waals surface area contributed by atoms with E-state index in [-0.39, 0.29) is 17.5 Å². The fourth-order valence-electron chi connectivity index (χ4n) is 4.39. The van der Waals surface area contributed by atoms with Crippen molar-refractivity contribution < 1.29 is 13.6 Å². The Morgan fingerprint density at radius 1 is 1.12 bits per heavy atom. The zero-order valence-electron chi connectivity index (χ0n) is 17.9. The van der Waals surface area contributed by atoms with Crippen molar-refractivity contribution in [3.63, 3.8) is 0 Å². The van der Waals surface area contributed by atoms with Gasteiger partial charge in [-0.15, -0.1) is 0 Å². The number of amides is 1. The molecular formula is C26H23ClFN3O2. The van der Waals surface area contributed by atoms with E-state index in [4.69, 9.17) is 16.0 Å². The highest BCUT2D eigenvalue weighted by molar-refractivity contribution is 6.30. The number of hydrogen-bond donors (Lipinski definition) is 1. The number of benzene rings is 2.